The number of nitrogens with zero attached hydrogens (tertiary/aromatic N) is 3. The molecule has 0 fully saturated rings. The van der Waals surface area contributed by atoms with Gasteiger partial charge in [-0.2, -0.15) is 0 Å². The molecule has 0 aromatic carbocycles. The van der Waals surface area contributed by atoms with E-state index >= 15 is 0 Å². The molecule has 0 radical (unpaired) electrons. The second kappa shape index (κ2) is 5.70. The van der Waals surface area contributed by atoms with Crippen LogP contribution in [-0.4, -0.2) is 14.5 Å². The second-order valence-corrected chi connectivity index (χ2v) is 5.38. The van der Waals surface area contributed by atoms with Crippen LogP contribution in [0.3, 0.4) is 0 Å². The molecule has 1 atom stereocenters. The summed E-state index contributed by atoms with van der Waals surface area (Å²) in [5.74, 6) is 1.58. The summed E-state index contributed by atoms with van der Waals surface area (Å²) in [7, 11) is 0. The van der Waals surface area contributed by atoms with Crippen LogP contribution < -0.4 is 0 Å². The molecule has 18 heavy (non-hydrogen) atoms. The first-order valence-electron chi connectivity index (χ1n) is 6.62. The Morgan fingerprint density at radius 2 is 2.06 bits per heavy atom. The number of fused-ring (bicyclic) bond motifs is 1. The van der Waals surface area contributed by atoms with E-state index in [9.17, 15) is 0 Å². The average molecular weight is 266 g/mol. The summed E-state index contributed by atoms with van der Waals surface area (Å²) in [5, 5.41) is -0.0893. The molecule has 2 rings (SSSR count). The van der Waals surface area contributed by atoms with Gasteiger partial charge in [-0.05, 0) is 25.0 Å². The molecular formula is C14H20ClN3. The van der Waals surface area contributed by atoms with Crippen molar-refractivity contribution in [3.05, 3.63) is 24.2 Å². The number of halogens is 1. The zero-order valence-corrected chi connectivity index (χ0v) is 12.0. The highest BCUT2D eigenvalue weighted by Gasteiger charge is 2.17. The first-order valence-corrected chi connectivity index (χ1v) is 7.06. The Balaban J connectivity index is 2.48. The maximum absolute atomic E-state index is 6.24. The monoisotopic (exact) mass is 265 g/mol. The fraction of sp³-hybridized carbons (Fsp3) is 0.571. The summed E-state index contributed by atoms with van der Waals surface area (Å²) in [4.78, 5) is 9.05. The van der Waals surface area contributed by atoms with E-state index in [1.54, 1.807) is 0 Å². The molecule has 98 valence electrons. The van der Waals surface area contributed by atoms with Gasteiger partial charge in [0, 0.05) is 12.7 Å². The van der Waals surface area contributed by atoms with Gasteiger partial charge >= 0.3 is 0 Å². The Hall–Kier alpha value is -1.09. The van der Waals surface area contributed by atoms with Gasteiger partial charge in [0.25, 0.3) is 0 Å². The molecule has 0 bridgehead atoms. The molecule has 3 nitrogen and oxygen atoms in total. The summed E-state index contributed by atoms with van der Waals surface area (Å²) >= 11 is 6.24. The van der Waals surface area contributed by atoms with Crippen LogP contribution in [0, 0.1) is 5.92 Å². The van der Waals surface area contributed by atoms with E-state index in [2.05, 4.69) is 28.4 Å². The molecule has 0 aliphatic rings. The third kappa shape index (κ3) is 2.51. The van der Waals surface area contributed by atoms with Gasteiger partial charge in [-0.25, -0.2) is 9.97 Å². The molecule has 0 amide bonds. The van der Waals surface area contributed by atoms with Gasteiger partial charge in [0.15, 0.2) is 5.65 Å². The minimum atomic E-state index is -0.0893. The first-order chi connectivity index (χ1) is 8.67. The number of alkyl halides is 1. The standard InChI is InChI=1S/C14H20ClN3/c1-4-11(5-2)9-18-13(10(3)15)17-12-7-6-8-16-14(12)18/h6-8,10-11H,4-5,9H2,1-3H3. The second-order valence-electron chi connectivity index (χ2n) is 4.73. The number of hydrogen-bond acceptors (Lipinski definition) is 2. The molecule has 2 heterocycles. The van der Waals surface area contributed by atoms with Crippen LogP contribution >= 0.6 is 11.6 Å². The lowest BCUT2D eigenvalue weighted by Crippen LogP contribution is -2.13. The summed E-state index contributed by atoms with van der Waals surface area (Å²) in [6, 6.07) is 3.91. The normalized spacial score (nSPS) is 13.4. The van der Waals surface area contributed by atoms with Crippen molar-refractivity contribution >= 4 is 22.8 Å². The van der Waals surface area contributed by atoms with Gasteiger partial charge in [-0.15, -0.1) is 11.6 Å². The van der Waals surface area contributed by atoms with Crippen LogP contribution in [0.25, 0.3) is 11.2 Å². The molecule has 0 N–H and O–H groups in total. The molecule has 0 aliphatic heterocycles. The Morgan fingerprint density at radius 3 is 2.67 bits per heavy atom. The summed E-state index contributed by atoms with van der Waals surface area (Å²) < 4.78 is 2.19. The van der Waals surface area contributed by atoms with E-state index in [1.165, 1.54) is 12.8 Å². The van der Waals surface area contributed by atoms with Crippen molar-refractivity contribution in [2.45, 2.75) is 45.5 Å². The van der Waals surface area contributed by atoms with Gasteiger partial charge in [0.05, 0.1) is 5.38 Å². The maximum Gasteiger partial charge on any atom is 0.160 e. The predicted octanol–water partition coefficient (Wildman–Crippen LogP) is 4.17. The molecular weight excluding hydrogens is 246 g/mol. The van der Waals surface area contributed by atoms with E-state index in [4.69, 9.17) is 11.6 Å². The summed E-state index contributed by atoms with van der Waals surface area (Å²) in [6.07, 6.45) is 4.15. The lowest BCUT2D eigenvalue weighted by molar-refractivity contribution is 0.415. The third-order valence-electron chi connectivity index (χ3n) is 3.48. The Kier molecular flexibility index (Phi) is 4.23. The van der Waals surface area contributed by atoms with Gasteiger partial charge in [0.1, 0.15) is 11.3 Å². The minimum Gasteiger partial charge on any atom is -0.311 e. The lowest BCUT2D eigenvalue weighted by Gasteiger charge is -2.16. The van der Waals surface area contributed by atoms with E-state index in [0.29, 0.717) is 5.92 Å². The van der Waals surface area contributed by atoms with Crippen molar-refractivity contribution in [2.75, 3.05) is 0 Å². The highest BCUT2D eigenvalue weighted by Crippen LogP contribution is 2.25. The maximum atomic E-state index is 6.24. The fourth-order valence-electron chi connectivity index (χ4n) is 2.26. The van der Waals surface area contributed by atoms with E-state index < -0.39 is 0 Å². The van der Waals surface area contributed by atoms with Crippen LogP contribution in [0.15, 0.2) is 18.3 Å². The largest absolute Gasteiger partial charge is 0.311 e. The van der Waals surface area contributed by atoms with Crippen LogP contribution in [0.5, 0.6) is 0 Å². The van der Waals surface area contributed by atoms with Crippen LogP contribution in [0.4, 0.5) is 0 Å². The van der Waals surface area contributed by atoms with Gasteiger partial charge in [-0.1, -0.05) is 26.7 Å². The number of hydrogen-bond donors (Lipinski definition) is 0. The molecule has 2 aromatic heterocycles. The Morgan fingerprint density at radius 1 is 1.33 bits per heavy atom. The molecule has 1 unspecified atom stereocenters. The Bertz CT molecular complexity index is 515. The van der Waals surface area contributed by atoms with Crippen molar-refractivity contribution in [3.63, 3.8) is 0 Å². The molecule has 0 aliphatic carbocycles. The van der Waals surface area contributed by atoms with Crippen molar-refractivity contribution in [3.8, 4) is 0 Å². The number of pyridine rings is 1. The molecule has 0 saturated heterocycles. The van der Waals surface area contributed by atoms with Gasteiger partial charge in [0.2, 0.25) is 0 Å². The van der Waals surface area contributed by atoms with Crippen LogP contribution in [0.1, 0.15) is 44.8 Å². The van der Waals surface area contributed by atoms with Gasteiger partial charge in [-0.3, -0.25) is 0 Å². The predicted molar refractivity (Wildman–Crippen MR) is 75.9 cm³/mol. The average Bonchev–Trinajstić information content (AvgIpc) is 2.75. The molecule has 0 saturated carbocycles. The lowest BCUT2D eigenvalue weighted by atomic mass is 10.0. The molecule has 2 aromatic rings. The number of rotatable bonds is 5. The highest BCUT2D eigenvalue weighted by atomic mass is 35.5. The summed E-state index contributed by atoms with van der Waals surface area (Å²) in [5.41, 5.74) is 1.89. The first kappa shape index (κ1) is 13.3. The Labute approximate surface area is 113 Å². The van der Waals surface area contributed by atoms with Crippen LogP contribution in [-0.2, 0) is 6.54 Å². The molecule has 4 heteroatoms. The topological polar surface area (TPSA) is 30.7 Å². The van der Waals surface area contributed by atoms with Crippen molar-refractivity contribution in [1.29, 1.82) is 0 Å². The fourth-order valence-corrected chi connectivity index (χ4v) is 2.43. The SMILES string of the molecule is CCC(CC)Cn1c(C(C)Cl)nc2cccnc21. The van der Waals surface area contributed by atoms with Crippen molar-refractivity contribution in [2.24, 2.45) is 5.92 Å². The zero-order chi connectivity index (χ0) is 13.1. The van der Waals surface area contributed by atoms with E-state index in [0.717, 1.165) is 23.5 Å². The van der Waals surface area contributed by atoms with E-state index in [1.807, 2.05) is 25.3 Å². The van der Waals surface area contributed by atoms with E-state index in [-0.39, 0.29) is 5.38 Å². The highest BCUT2D eigenvalue weighted by molar-refractivity contribution is 6.20. The number of aromatic nitrogens is 3. The quantitative estimate of drug-likeness (QED) is 0.760. The third-order valence-corrected chi connectivity index (χ3v) is 3.68. The number of imidazole rings is 1. The molecule has 0 spiro atoms. The van der Waals surface area contributed by atoms with Crippen molar-refractivity contribution < 1.29 is 0 Å². The minimum absolute atomic E-state index is 0.0893. The van der Waals surface area contributed by atoms with Crippen molar-refractivity contribution in [1.82, 2.24) is 14.5 Å². The summed E-state index contributed by atoms with van der Waals surface area (Å²) in [6.45, 7) is 7.37. The van der Waals surface area contributed by atoms with Gasteiger partial charge < -0.3 is 4.57 Å². The zero-order valence-electron chi connectivity index (χ0n) is 11.2. The smallest absolute Gasteiger partial charge is 0.160 e. The van der Waals surface area contributed by atoms with Crippen LogP contribution in [0.2, 0.25) is 0 Å².